The molecule has 124 valence electrons. The first-order valence-electron chi connectivity index (χ1n) is 7.56. The minimum Gasteiger partial charge on any atom is -0.443 e. The normalized spacial score (nSPS) is 21.4. The largest absolute Gasteiger partial charge is 0.443 e. The van der Waals surface area contributed by atoms with Gasteiger partial charge in [-0.15, -0.1) is 0 Å². The Labute approximate surface area is 135 Å². The molecule has 7 heteroatoms. The molecule has 0 N–H and O–H groups in total. The van der Waals surface area contributed by atoms with Gasteiger partial charge in [-0.1, -0.05) is 17.7 Å². The minimum absolute atomic E-state index is 0.0250. The van der Waals surface area contributed by atoms with Crippen LogP contribution in [0.3, 0.4) is 0 Å². The van der Waals surface area contributed by atoms with E-state index < -0.39 is 22.2 Å². The number of cyclic esters (lactones) is 1. The summed E-state index contributed by atoms with van der Waals surface area (Å²) in [5.41, 5.74) is 1.39. The first kappa shape index (κ1) is 16.0. The Kier molecular flexibility index (Phi) is 4.16. The minimum atomic E-state index is -3.64. The van der Waals surface area contributed by atoms with Gasteiger partial charge in [0.2, 0.25) is 9.84 Å². The third kappa shape index (κ3) is 2.74. The van der Waals surface area contributed by atoms with Crippen molar-refractivity contribution in [2.24, 2.45) is 0 Å². The van der Waals surface area contributed by atoms with Crippen LogP contribution in [0.2, 0.25) is 0 Å². The van der Waals surface area contributed by atoms with Crippen molar-refractivity contribution >= 4 is 15.9 Å². The van der Waals surface area contributed by atoms with Crippen LogP contribution in [0.15, 0.2) is 39.8 Å². The summed E-state index contributed by atoms with van der Waals surface area (Å²) in [6.07, 6.45) is -0.229. The molecule has 0 radical (unpaired) electrons. The van der Waals surface area contributed by atoms with Crippen LogP contribution in [0.5, 0.6) is 0 Å². The van der Waals surface area contributed by atoms with Crippen LogP contribution in [0.4, 0.5) is 4.79 Å². The predicted molar refractivity (Wildman–Crippen MR) is 83.2 cm³/mol. The number of fused-ring (bicyclic) bond motifs is 1. The van der Waals surface area contributed by atoms with Gasteiger partial charge >= 0.3 is 6.09 Å². The Bertz CT molecular complexity index is 751. The standard InChI is InChI=1S/C16H19NO5S/c1-3-21-15-9-8-14(13-10-22-16(18)17(13)15)23(19,20)12-6-4-11(2)5-7-12/h4-7,15H,3,8-10H2,1-2H3. The second-order valence-corrected chi connectivity index (χ2v) is 7.53. The molecule has 1 amide bonds. The van der Waals surface area contributed by atoms with E-state index in [2.05, 4.69) is 0 Å². The zero-order chi connectivity index (χ0) is 16.6. The van der Waals surface area contributed by atoms with Gasteiger partial charge in [0.15, 0.2) is 0 Å². The summed E-state index contributed by atoms with van der Waals surface area (Å²) in [5, 5.41) is 0. The van der Waals surface area contributed by atoms with Crippen molar-refractivity contribution in [3.8, 4) is 0 Å². The van der Waals surface area contributed by atoms with Crippen LogP contribution in [-0.2, 0) is 19.3 Å². The molecule has 1 atom stereocenters. The van der Waals surface area contributed by atoms with Crippen molar-refractivity contribution < 1.29 is 22.7 Å². The number of hydrogen-bond donors (Lipinski definition) is 0. The molecule has 0 saturated carbocycles. The van der Waals surface area contributed by atoms with Crippen LogP contribution in [0.25, 0.3) is 0 Å². The molecular weight excluding hydrogens is 318 g/mol. The van der Waals surface area contributed by atoms with E-state index in [9.17, 15) is 13.2 Å². The smallest absolute Gasteiger partial charge is 0.416 e. The number of nitrogens with zero attached hydrogens (tertiary/aromatic N) is 1. The van der Waals surface area contributed by atoms with Crippen molar-refractivity contribution in [2.45, 2.75) is 37.8 Å². The summed E-state index contributed by atoms with van der Waals surface area (Å²) in [4.78, 5) is 13.8. The molecule has 0 spiro atoms. The number of carbonyl (C=O) groups is 1. The number of hydrogen-bond acceptors (Lipinski definition) is 5. The second-order valence-electron chi connectivity index (χ2n) is 5.56. The maximum atomic E-state index is 12.9. The number of aryl methyl sites for hydroxylation is 1. The highest BCUT2D eigenvalue weighted by molar-refractivity contribution is 7.95. The number of benzene rings is 1. The van der Waals surface area contributed by atoms with E-state index in [0.29, 0.717) is 25.1 Å². The Morgan fingerprint density at radius 3 is 2.65 bits per heavy atom. The van der Waals surface area contributed by atoms with E-state index in [-0.39, 0.29) is 16.4 Å². The van der Waals surface area contributed by atoms with E-state index in [4.69, 9.17) is 9.47 Å². The Morgan fingerprint density at radius 2 is 2.00 bits per heavy atom. The average molecular weight is 337 g/mol. The molecule has 2 aliphatic rings. The Morgan fingerprint density at radius 1 is 1.30 bits per heavy atom. The lowest BCUT2D eigenvalue weighted by atomic mass is 10.1. The summed E-state index contributed by atoms with van der Waals surface area (Å²) in [6, 6.07) is 6.71. The molecule has 1 aromatic carbocycles. The summed E-state index contributed by atoms with van der Waals surface area (Å²) < 4.78 is 36.4. The average Bonchev–Trinajstić information content (AvgIpc) is 2.90. The number of allylic oxidation sites excluding steroid dienone is 1. The molecule has 1 aromatic rings. The van der Waals surface area contributed by atoms with Crippen LogP contribution < -0.4 is 0 Å². The Balaban J connectivity index is 2.04. The van der Waals surface area contributed by atoms with Gasteiger partial charge in [0.25, 0.3) is 0 Å². The molecule has 1 unspecified atom stereocenters. The fraction of sp³-hybridized carbons (Fsp3) is 0.438. The van der Waals surface area contributed by atoms with Crippen LogP contribution >= 0.6 is 0 Å². The lowest BCUT2D eigenvalue weighted by Crippen LogP contribution is -2.41. The maximum absolute atomic E-state index is 12.9. The van der Waals surface area contributed by atoms with Gasteiger partial charge in [-0.05, 0) is 38.8 Å². The van der Waals surface area contributed by atoms with Gasteiger partial charge in [0.1, 0.15) is 12.8 Å². The molecule has 2 heterocycles. The van der Waals surface area contributed by atoms with Crippen LogP contribution in [-0.4, -0.2) is 38.9 Å². The van der Waals surface area contributed by atoms with Crippen LogP contribution in [0, 0.1) is 6.92 Å². The molecule has 0 bridgehead atoms. The van der Waals surface area contributed by atoms with Crippen molar-refractivity contribution in [1.82, 2.24) is 4.90 Å². The zero-order valence-electron chi connectivity index (χ0n) is 13.1. The summed E-state index contributed by atoms with van der Waals surface area (Å²) in [7, 11) is -3.64. The molecular formula is C16H19NO5S. The van der Waals surface area contributed by atoms with Gasteiger partial charge in [-0.3, -0.25) is 4.90 Å². The molecule has 1 fully saturated rings. The molecule has 1 saturated heterocycles. The van der Waals surface area contributed by atoms with Crippen molar-refractivity contribution in [2.75, 3.05) is 13.2 Å². The maximum Gasteiger partial charge on any atom is 0.416 e. The third-order valence-corrected chi connectivity index (χ3v) is 6.04. The van der Waals surface area contributed by atoms with E-state index in [1.54, 1.807) is 24.3 Å². The topological polar surface area (TPSA) is 72.9 Å². The Hall–Kier alpha value is -1.86. The zero-order valence-corrected chi connectivity index (χ0v) is 13.9. The summed E-state index contributed by atoms with van der Waals surface area (Å²) in [5.74, 6) is 0. The van der Waals surface area contributed by atoms with Gasteiger partial charge in [-0.25, -0.2) is 13.2 Å². The van der Waals surface area contributed by atoms with E-state index >= 15 is 0 Å². The first-order valence-corrected chi connectivity index (χ1v) is 9.05. The highest BCUT2D eigenvalue weighted by Gasteiger charge is 2.43. The molecule has 3 rings (SSSR count). The number of amides is 1. The number of carbonyl (C=O) groups excluding carboxylic acids is 1. The van der Waals surface area contributed by atoms with Crippen molar-refractivity contribution in [1.29, 1.82) is 0 Å². The second kappa shape index (κ2) is 5.98. The van der Waals surface area contributed by atoms with Crippen molar-refractivity contribution in [3.63, 3.8) is 0 Å². The molecule has 2 aliphatic heterocycles. The highest BCUT2D eigenvalue weighted by Crippen LogP contribution is 2.37. The third-order valence-electron chi connectivity index (χ3n) is 4.06. The fourth-order valence-corrected chi connectivity index (χ4v) is 4.55. The van der Waals surface area contributed by atoms with E-state index in [1.807, 2.05) is 13.8 Å². The fourth-order valence-electron chi connectivity index (χ4n) is 2.91. The number of rotatable bonds is 4. The van der Waals surface area contributed by atoms with Gasteiger partial charge in [-0.2, -0.15) is 0 Å². The summed E-state index contributed by atoms with van der Waals surface area (Å²) >= 11 is 0. The monoisotopic (exact) mass is 337 g/mol. The quantitative estimate of drug-likeness (QED) is 0.844. The number of ether oxygens (including phenoxy) is 2. The molecule has 23 heavy (non-hydrogen) atoms. The lowest BCUT2D eigenvalue weighted by molar-refractivity contribution is -0.0263. The molecule has 0 aromatic heterocycles. The van der Waals surface area contributed by atoms with Gasteiger partial charge in [0.05, 0.1) is 15.5 Å². The highest BCUT2D eigenvalue weighted by atomic mass is 32.2. The van der Waals surface area contributed by atoms with E-state index in [1.165, 1.54) is 4.90 Å². The predicted octanol–water partition coefficient (Wildman–Crippen LogP) is 2.59. The molecule has 0 aliphatic carbocycles. The van der Waals surface area contributed by atoms with E-state index in [0.717, 1.165) is 5.56 Å². The SMILES string of the molecule is CCOC1CCC(S(=O)(=O)c2ccc(C)cc2)=C2COC(=O)N21. The van der Waals surface area contributed by atoms with Crippen molar-refractivity contribution in [3.05, 3.63) is 40.4 Å². The lowest BCUT2D eigenvalue weighted by Gasteiger charge is -2.32. The first-order chi connectivity index (χ1) is 10.9. The van der Waals surface area contributed by atoms with Crippen LogP contribution in [0.1, 0.15) is 25.3 Å². The van der Waals surface area contributed by atoms with Gasteiger partial charge < -0.3 is 9.47 Å². The van der Waals surface area contributed by atoms with Gasteiger partial charge in [0, 0.05) is 6.61 Å². The number of sulfone groups is 1. The molecule has 6 nitrogen and oxygen atoms in total. The summed E-state index contributed by atoms with van der Waals surface area (Å²) in [6.45, 7) is 4.16.